The second-order valence-corrected chi connectivity index (χ2v) is 6.65. The molecule has 114 valence electrons. The molecule has 2 aliphatic heterocycles. The number of hydrogen-bond donors (Lipinski definition) is 0. The van der Waals surface area contributed by atoms with Crippen LogP contribution in [0.3, 0.4) is 0 Å². The molecule has 3 nitrogen and oxygen atoms in total. The Hall–Kier alpha value is -1.35. The van der Waals surface area contributed by atoms with Crippen LogP contribution in [0.25, 0.3) is 0 Å². The summed E-state index contributed by atoms with van der Waals surface area (Å²) >= 11 is 0. The molecule has 1 spiro atoms. The maximum atomic E-state index is 11.8. The Morgan fingerprint density at radius 1 is 1.24 bits per heavy atom. The zero-order valence-electron chi connectivity index (χ0n) is 13.2. The first-order valence-electron chi connectivity index (χ1n) is 8.18. The van der Waals surface area contributed by atoms with Crippen LogP contribution in [0, 0.1) is 0 Å². The highest BCUT2D eigenvalue weighted by atomic mass is 16.2. The predicted octanol–water partition coefficient (Wildman–Crippen LogP) is 2.88. The summed E-state index contributed by atoms with van der Waals surface area (Å²) < 4.78 is 0. The lowest BCUT2D eigenvalue weighted by molar-refractivity contribution is -0.133. The number of nitrogens with zero attached hydrogens (tertiary/aromatic N) is 2. The van der Waals surface area contributed by atoms with Crippen molar-refractivity contribution >= 4 is 5.91 Å². The van der Waals surface area contributed by atoms with Crippen LogP contribution in [0.4, 0.5) is 0 Å². The van der Waals surface area contributed by atoms with Crippen molar-refractivity contribution in [3.8, 4) is 0 Å². The third-order valence-electron chi connectivity index (χ3n) is 5.55. The molecule has 1 atom stereocenters. The van der Waals surface area contributed by atoms with Gasteiger partial charge in [0.2, 0.25) is 5.91 Å². The van der Waals surface area contributed by atoms with E-state index in [-0.39, 0.29) is 0 Å². The molecule has 1 unspecified atom stereocenters. The average molecular weight is 286 g/mol. The molecule has 0 N–H and O–H groups in total. The van der Waals surface area contributed by atoms with Gasteiger partial charge < -0.3 is 4.90 Å². The Labute approximate surface area is 127 Å². The van der Waals surface area contributed by atoms with Gasteiger partial charge in [0.25, 0.3) is 0 Å². The van der Waals surface area contributed by atoms with Gasteiger partial charge in [-0.2, -0.15) is 0 Å². The van der Waals surface area contributed by atoms with Crippen molar-refractivity contribution in [3.05, 3.63) is 35.9 Å². The van der Waals surface area contributed by atoms with E-state index in [0.29, 0.717) is 23.8 Å². The van der Waals surface area contributed by atoms with Crippen LogP contribution >= 0.6 is 0 Å². The molecule has 0 aliphatic carbocycles. The van der Waals surface area contributed by atoms with Crippen molar-refractivity contribution in [2.45, 2.75) is 44.1 Å². The first-order valence-corrected chi connectivity index (χ1v) is 8.18. The van der Waals surface area contributed by atoms with Crippen molar-refractivity contribution in [2.75, 3.05) is 26.7 Å². The summed E-state index contributed by atoms with van der Waals surface area (Å²) in [6.07, 6.45) is 4.12. The lowest BCUT2D eigenvalue weighted by Crippen LogP contribution is -2.51. The molecule has 2 aliphatic rings. The molecule has 0 bridgehead atoms. The zero-order chi connectivity index (χ0) is 14.9. The highest BCUT2D eigenvalue weighted by Crippen LogP contribution is 2.43. The molecule has 0 saturated carbocycles. The number of likely N-dealkylation sites (tertiary alicyclic amines) is 2. The predicted molar refractivity (Wildman–Crippen MR) is 85.3 cm³/mol. The number of likely N-dealkylation sites (N-methyl/N-ethyl adjacent to an activating group) is 1. The molecule has 3 rings (SSSR count). The Balaban J connectivity index is 1.68. The third-order valence-corrected chi connectivity index (χ3v) is 5.55. The summed E-state index contributed by atoms with van der Waals surface area (Å²) in [5.41, 5.74) is 1.78. The van der Waals surface area contributed by atoms with Gasteiger partial charge in [-0.05, 0) is 37.8 Å². The van der Waals surface area contributed by atoms with E-state index in [2.05, 4.69) is 47.2 Å². The van der Waals surface area contributed by atoms with E-state index < -0.39 is 0 Å². The fourth-order valence-electron chi connectivity index (χ4n) is 4.13. The lowest BCUT2D eigenvalue weighted by Gasteiger charge is -2.43. The Kier molecular flexibility index (Phi) is 4.03. The van der Waals surface area contributed by atoms with Crippen molar-refractivity contribution in [3.63, 3.8) is 0 Å². The smallest absolute Gasteiger partial charge is 0.222 e. The van der Waals surface area contributed by atoms with Gasteiger partial charge in [0, 0.05) is 31.6 Å². The fraction of sp³-hybridized carbons (Fsp3) is 0.611. The maximum Gasteiger partial charge on any atom is 0.222 e. The molecule has 0 radical (unpaired) electrons. The van der Waals surface area contributed by atoms with Crippen LogP contribution in [-0.2, 0) is 4.79 Å². The number of rotatable bonds is 2. The second-order valence-electron chi connectivity index (χ2n) is 6.65. The monoisotopic (exact) mass is 286 g/mol. The first-order chi connectivity index (χ1) is 10.1. The lowest BCUT2D eigenvalue weighted by atomic mass is 9.81. The van der Waals surface area contributed by atoms with Crippen molar-refractivity contribution < 1.29 is 4.79 Å². The Morgan fingerprint density at radius 3 is 2.52 bits per heavy atom. The Morgan fingerprint density at radius 2 is 1.90 bits per heavy atom. The van der Waals surface area contributed by atoms with Crippen LogP contribution in [0.5, 0.6) is 0 Å². The average Bonchev–Trinajstić information content (AvgIpc) is 2.85. The topological polar surface area (TPSA) is 23.6 Å². The molecular formula is C18H26N2O. The van der Waals surface area contributed by atoms with Crippen molar-refractivity contribution in [1.82, 2.24) is 9.80 Å². The highest BCUT2D eigenvalue weighted by Gasteiger charge is 2.45. The number of carbonyl (C=O) groups is 1. The molecule has 2 heterocycles. The number of piperidine rings is 1. The normalized spacial score (nSPS) is 25.4. The quantitative estimate of drug-likeness (QED) is 0.834. The van der Waals surface area contributed by atoms with Gasteiger partial charge in [-0.3, -0.25) is 9.69 Å². The fourth-order valence-corrected chi connectivity index (χ4v) is 4.13. The van der Waals surface area contributed by atoms with Gasteiger partial charge in [-0.25, -0.2) is 0 Å². The minimum absolute atomic E-state index is 0.310. The number of amides is 1. The van der Waals surface area contributed by atoms with E-state index in [1.54, 1.807) is 0 Å². The summed E-state index contributed by atoms with van der Waals surface area (Å²) in [5, 5.41) is 0. The molecule has 2 saturated heterocycles. The van der Waals surface area contributed by atoms with Crippen molar-refractivity contribution in [2.24, 2.45) is 0 Å². The summed E-state index contributed by atoms with van der Waals surface area (Å²) in [6.45, 7) is 4.96. The highest BCUT2D eigenvalue weighted by molar-refractivity contribution is 5.75. The summed E-state index contributed by atoms with van der Waals surface area (Å²) in [5.74, 6) is 0.953. The number of carbonyl (C=O) groups excluding carboxylic acids is 1. The van der Waals surface area contributed by atoms with Crippen LogP contribution in [0.15, 0.2) is 30.3 Å². The van der Waals surface area contributed by atoms with E-state index in [9.17, 15) is 4.79 Å². The van der Waals surface area contributed by atoms with Gasteiger partial charge in [-0.1, -0.05) is 37.3 Å². The molecule has 1 amide bonds. The minimum Gasteiger partial charge on any atom is -0.343 e. The second kappa shape index (κ2) is 5.80. The van der Waals surface area contributed by atoms with E-state index in [1.807, 2.05) is 6.92 Å². The summed E-state index contributed by atoms with van der Waals surface area (Å²) in [6, 6.07) is 10.9. The summed E-state index contributed by atoms with van der Waals surface area (Å²) in [4.78, 5) is 16.5. The van der Waals surface area contributed by atoms with Gasteiger partial charge >= 0.3 is 0 Å². The van der Waals surface area contributed by atoms with E-state index in [4.69, 9.17) is 0 Å². The van der Waals surface area contributed by atoms with E-state index in [0.717, 1.165) is 32.5 Å². The molecule has 0 aromatic heterocycles. The van der Waals surface area contributed by atoms with E-state index >= 15 is 0 Å². The molecule has 3 heteroatoms. The van der Waals surface area contributed by atoms with Gasteiger partial charge in [0.15, 0.2) is 0 Å². The van der Waals surface area contributed by atoms with Crippen molar-refractivity contribution in [1.29, 1.82) is 0 Å². The van der Waals surface area contributed by atoms with E-state index in [1.165, 1.54) is 12.0 Å². The zero-order valence-corrected chi connectivity index (χ0v) is 13.2. The Bertz CT molecular complexity index is 491. The summed E-state index contributed by atoms with van der Waals surface area (Å²) in [7, 11) is 2.26. The maximum absolute atomic E-state index is 11.8. The first kappa shape index (κ1) is 14.6. The standard InChI is InChI=1S/C18H26N2O/c1-3-17(21)20-11-9-18(10-12-20)13-16(14-19(18)2)15-7-5-4-6-8-15/h4-8,16H,3,9-14H2,1-2H3. The molecule has 1 aromatic carbocycles. The molecular weight excluding hydrogens is 260 g/mol. The largest absolute Gasteiger partial charge is 0.343 e. The van der Waals surface area contributed by atoms with Crippen LogP contribution in [-0.4, -0.2) is 47.9 Å². The minimum atomic E-state index is 0.310. The number of benzene rings is 1. The van der Waals surface area contributed by atoms with Gasteiger partial charge in [0.1, 0.15) is 0 Å². The van der Waals surface area contributed by atoms with Crippen LogP contribution in [0.1, 0.15) is 44.1 Å². The van der Waals surface area contributed by atoms with Gasteiger partial charge in [0.05, 0.1) is 0 Å². The van der Waals surface area contributed by atoms with Gasteiger partial charge in [-0.15, -0.1) is 0 Å². The van der Waals surface area contributed by atoms with Crippen LogP contribution < -0.4 is 0 Å². The molecule has 2 fully saturated rings. The SMILES string of the molecule is CCC(=O)N1CCC2(CC1)CC(c1ccccc1)CN2C. The van der Waals surface area contributed by atoms with Crippen LogP contribution in [0.2, 0.25) is 0 Å². The molecule has 1 aromatic rings. The third kappa shape index (κ3) is 2.71. The molecule has 21 heavy (non-hydrogen) atoms. The number of hydrogen-bond acceptors (Lipinski definition) is 2.